The van der Waals surface area contributed by atoms with Crippen molar-refractivity contribution in [1.29, 1.82) is 0 Å². The maximum absolute atomic E-state index is 12.5. The van der Waals surface area contributed by atoms with Crippen molar-refractivity contribution in [1.82, 2.24) is 5.32 Å². The summed E-state index contributed by atoms with van der Waals surface area (Å²) in [6.07, 6.45) is 4.87. The number of amides is 1. The molecule has 1 unspecified atom stereocenters. The Morgan fingerprint density at radius 2 is 2.05 bits per heavy atom. The number of aliphatic carboxylic acids is 1. The third-order valence-electron chi connectivity index (χ3n) is 3.83. The van der Waals surface area contributed by atoms with Gasteiger partial charge in [-0.15, -0.1) is 11.8 Å². The van der Waals surface area contributed by atoms with Gasteiger partial charge >= 0.3 is 5.97 Å². The van der Waals surface area contributed by atoms with Crippen molar-refractivity contribution in [3.05, 3.63) is 29.3 Å². The maximum atomic E-state index is 12.5. The molecular formula is C17H23NO3S. The van der Waals surface area contributed by atoms with Crippen molar-refractivity contribution in [2.24, 2.45) is 0 Å². The molecule has 2 rings (SSSR count). The van der Waals surface area contributed by atoms with Crippen LogP contribution in [0.2, 0.25) is 0 Å². The minimum absolute atomic E-state index is 0.0668. The van der Waals surface area contributed by atoms with Crippen molar-refractivity contribution in [2.75, 3.05) is 0 Å². The van der Waals surface area contributed by atoms with Gasteiger partial charge in [-0.05, 0) is 38.8 Å². The third-order valence-corrected chi connectivity index (χ3v) is 5.25. The van der Waals surface area contributed by atoms with Gasteiger partial charge in [-0.2, -0.15) is 0 Å². The van der Waals surface area contributed by atoms with E-state index in [1.807, 2.05) is 25.1 Å². The molecule has 1 fully saturated rings. The normalized spacial score (nSPS) is 16.5. The Hall–Kier alpha value is -1.49. The van der Waals surface area contributed by atoms with Crippen LogP contribution in [0.25, 0.3) is 0 Å². The Balaban J connectivity index is 2.11. The van der Waals surface area contributed by atoms with Crippen LogP contribution in [0, 0.1) is 6.92 Å². The number of benzene rings is 1. The van der Waals surface area contributed by atoms with E-state index in [1.54, 1.807) is 18.7 Å². The van der Waals surface area contributed by atoms with Crippen LogP contribution in [-0.2, 0) is 4.79 Å². The van der Waals surface area contributed by atoms with E-state index in [2.05, 4.69) is 5.32 Å². The molecule has 120 valence electrons. The number of carbonyl (C=O) groups is 2. The highest BCUT2D eigenvalue weighted by Gasteiger charge is 2.21. The molecule has 4 nitrogen and oxygen atoms in total. The minimum Gasteiger partial charge on any atom is -0.481 e. The first kappa shape index (κ1) is 16.9. The molecule has 1 amide bonds. The van der Waals surface area contributed by atoms with Crippen molar-refractivity contribution in [3.63, 3.8) is 0 Å². The molecule has 1 saturated carbocycles. The molecule has 0 bridgehead atoms. The first-order valence-electron chi connectivity index (χ1n) is 7.75. The fourth-order valence-electron chi connectivity index (χ4n) is 2.72. The van der Waals surface area contributed by atoms with Crippen LogP contribution in [0.4, 0.5) is 0 Å². The molecule has 0 heterocycles. The third kappa shape index (κ3) is 4.77. The summed E-state index contributed by atoms with van der Waals surface area (Å²) in [4.78, 5) is 24.2. The highest BCUT2D eigenvalue weighted by molar-refractivity contribution is 8.00. The van der Waals surface area contributed by atoms with E-state index >= 15 is 0 Å². The quantitative estimate of drug-likeness (QED) is 0.840. The standard InChI is InChI=1S/C17H23NO3S/c1-11-7-8-15(22-13-5-3-4-6-13)14(9-11)17(21)18-12(2)10-16(19)20/h7-9,12-13H,3-6,10H2,1-2H3,(H,18,21)(H,19,20). The topological polar surface area (TPSA) is 66.4 Å². The number of carboxylic acids is 1. The summed E-state index contributed by atoms with van der Waals surface area (Å²) in [7, 11) is 0. The van der Waals surface area contributed by atoms with Gasteiger partial charge < -0.3 is 10.4 Å². The summed E-state index contributed by atoms with van der Waals surface area (Å²) in [6, 6.07) is 5.54. The molecule has 1 aromatic rings. The van der Waals surface area contributed by atoms with Gasteiger partial charge in [0.25, 0.3) is 5.91 Å². The second kappa shape index (κ2) is 7.68. The molecule has 0 aliphatic heterocycles. The summed E-state index contributed by atoms with van der Waals surface area (Å²) in [5, 5.41) is 12.2. The van der Waals surface area contributed by atoms with E-state index in [0.717, 1.165) is 10.5 Å². The molecule has 2 N–H and O–H groups in total. The Bertz CT molecular complexity index is 553. The van der Waals surface area contributed by atoms with Crippen LogP contribution in [0.5, 0.6) is 0 Å². The highest BCUT2D eigenvalue weighted by atomic mass is 32.2. The van der Waals surface area contributed by atoms with Gasteiger partial charge in [-0.25, -0.2) is 0 Å². The van der Waals surface area contributed by atoms with Crippen LogP contribution in [0.3, 0.4) is 0 Å². The van der Waals surface area contributed by atoms with E-state index < -0.39 is 5.97 Å². The number of hydrogen-bond acceptors (Lipinski definition) is 3. The van der Waals surface area contributed by atoms with Crippen LogP contribution in [-0.4, -0.2) is 28.3 Å². The number of carboxylic acid groups (broad SMARTS) is 1. The second-order valence-corrected chi connectivity index (χ2v) is 7.34. The van der Waals surface area contributed by atoms with Crippen molar-refractivity contribution < 1.29 is 14.7 Å². The van der Waals surface area contributed by atoms with E-state index in [4.69, 9.17) is 5.11 Å². The summed E-state index contributed by atoms with van der Waals surface area (Å²) < 4.78 is 0. The lowest BCUT2D eigenvalue weighted by Gasteiger charge is -2.16. The van der Waals surface area contributed by atoms with Gasteiger partial charge in [-0.1, -0.05) is 24.5 Å². The molecule has 22 heavy (non-hydrogen) atoms. The highest BCUT2D eigenvalue weighted by Crippen LogP contribution is 2.36. The zero-order chi connectivity index (χ0) is 16.1. The number of nitrogens with one attached hydrogen (secondary N) is 1. The zero-order valence-corrected chi connectivity index (χ0v) is 13.9. The SMILES string of the molecule is Cc1ccc(SC2CCCC2)c(C(=O)NC(C)CC(=O)O)c1. The van der Waals surface area contributed by atoms with Crippen LogP contribution >= 0.6 is 11.8 Å². The lowest BCUT2D eigenvalue weighted by molar-refractivity contribution is -0.137. The molecule has 1 aliphatic rings. The number of carbonyl (C=O) groups excluding carboxylic acids is 1. The fourth-order valence-corrected chi connectivity index (χ4v) is 4.08. The average Bonchev–Trinajstić information content (AvgIpc) is 2.92. The Kier molecular flexibility index (Phi) is 5.89. The van der Waals surface area contributed by atoms with Gasteiger partial charge in [0.1, 0.15) is 0 Å². The van der Waals surface area contributed by atoms with E-state index in [0.29, 0.717) is 10.8 Å². The second-order valence-electron chi connectivity index (χ2n) is 6.00. The number of rotatable bonds is 6. The van der Waals surface area contributed by atoms with Gasteiger partial charge in [-0.3, -0.25) is 9.59 Å². The molecule has 1 aliphatic carbocycles. The predicted octanol–water partition coefficient (Wildman–Crippen LogP) is 3.62. The molecule has 0 saturated heterocycles. The monoisotopic (exact) mass is 321 g/mol. The summed E-state index contributed by atoms with van der Waals surface area (Å²) in [6.45, 7) is 3.67. The lowest BCUT2D eigenvalue weighted by Crippen LogP contribution is -2.34. The molecule has 5 heteroatoms. The van der Waals surface area contributed by atoms with Gasteiger partial charge in [0, 0.05) is 16.2 Å². The smallest absolute Gasteiger partial charge is 0.305 e. The summed E-state index contributed by atoms with van der Waals surface area (Å²) in [5.74, 6) is -1.09. The van der Waals surface area contributed by atoms with E-state index in [1.165, 1.54) is 25.7 Å². The molecule has 0 aromatic heterocycles. The lowest BCUT2D eigenvalue weighted by atomic mass is 10.1. The van der Waals surface area contributed by atoms with Gasteiger partial charge in [0.2, 0.25) is 0 Å². The van der Waals surface area contributed by atoms with Crippen molar-refractivity contribution in [3.8, 4) is 0 Å². The average molecular weight is 321 g/mol. The Labute approximate surface area is 135 Å². The van der Waals surface area contributed by atoms with E-state index in [9.17, 15) is 9.59 Å². The van der Waals surface area contributed by atoms with E-state index in [-0.39, 0.29) is 18.4 Å². The maximum Gasteiger partial charge on any atom is 0.305 e. The molecule has 0 radical (unpaired) electrons. The zero-order valence-electron chi connectivity index (χ0n) is 13.1. The summed E-state index contributed by atoms with van der Waals surface area (Å²) >= 11 is 1.78. The molecular weight excluding hydrogens is 298 g/mol. The van der Waals surface area contributed by atoms with Gasteiger partial charge in [0.05, 0.1) is 12.0 Å². The largest absolute Gasteiger partial charge is 0.481 e. The van der Waals surface area contributed by atoms with Gasteiger partial charge in [0.15, 0.2) is 0 Å². The molecule has 0 spiro atoms. The predicted molar refractivity (Wildman–Crippen MR) is 88.5 cm³/mol. The fraction of sp³-hybridized carbons (Fsp3) is 0.529. The molecule has 1 aromatic carbocycles. The number of aryl methyl sites for hydroxylation is 1. The van der Waals surface area contributed by atoms with Crippen molar-refractivity contribution >= 4 is 23.6 Å². The summed E-state index contributed by atoms with van der Waals surface area (Å²) in [5.41, 5.74) is 1.70. The Morgan fingerprint density at radius 3 is 2.68 bits per heavy atom. The first-order valence-corrected chi connectivity index (χ1v) is 8.63. The first-order chi connectivity index (χ1) is 10.5. The number of hydrogen-bond donors (Lipinski definition) is 2. The van der Waals surface area contributed by atoms with Crippen LogP contribution < -0.4 is 5.32 Å². The number of thioether (sulfide) groups is 1. The van der Waals surface area contributed by atoms with Crippen LogP contribution in [0.1, 0.15) is 54.9 Å². The van der Waals surface area contributed by atoms with Crippen molar-refractivity contribution in [2.45, 2.75) is 62.1 Å². The molecule has 1 atom stereocenters. The Morgan fingerprint density at radius 1 is 1.36 bits per heavy atom. The minimum atomic E-state index is -0.905. The van der Waals surface area contributed by atoms with Crippen LogP contribution in [0.15, 0.2) is 23.1 Å².